The van der Waals surface area contributed by atoms with Gasteiger partial charge in [-0.2, -0.15) is 0 Å². The normalized spacial score (nSPS) is 12.9. The van der Waals surface area contributed by atoms with Crippen molar-refractivity contribution in [2.45, 2.75) is 341 Å². The van der Waals surface area contributed by atoms with Crippen LogP contribution in [0.4, 0.5) is 0 Å². The molecule has 0 rings (SSSR count). The maximum atomic E-state index is 12.7. The Bertz CT molecular complexity index is 946. The lowest BCUT2D eigenvalue weighted by Crippen LogP contribution is -2.46. The van der Waals surface area contributed by atoms with Gasteiger partial charge < -0.3 is 20.2 Å². The number of carbonyl (C=O) groups excluding carboxylic acids is 1. The van der Waals surface area contributed by atoms with Crippen LogP contribution in [0.3, 0.4) is 0 Å². The lowest BCUT2D eigenvalue weighted by atomic mass is 10.0. The van der Waals surface area contributed by atoms with Crippen molar-refractivity contribution >= 4 is 13.7 Å². The van der Waals surface area contributed by atoms with Gasteiger partial charge in [-0.05, 0) is 12.8 Å². The molecule has 0 aliphatic carbocycles. The maximum Gasteiger partial charge on any atom is 0.469 e. The van der Waals surface area contributed by atoms with E-state index in [1.165, 1.54) is 263 Å². The monoisotopic (exact) mass is 914 g/mol. The molecule has 0 aromatic heterocycles. The zero-order chi connectivity index (χ0) is 46.0. The molecule has 0 unspecified atom stereocenters. The van der Waals surface area contributed by atoms with E-state index in [0.29, 0.717) is 12.8 Å². The molecule has 0 fully saturated rings. The standard InChI is InChI=1S/C55H112NO6P/c1-3-5-7-9-11-13-15-17-18-19-20-21-22-23-24-25-26-27-28-29-30-31-32-33-34-35-36-37-38-39-41-43-45-47-49-51-55(58)56-53(52-62-63(59,60)61)54(57)50-48-46-44-42-40-16-14-12-10-8-6-4-2/h53-54,57H,3-52H2,1-2H3,(H,56,58)(H2,59,60,61)/t53-,54+/m0/s1. The summed E-state index contributed by atoms with van der Waals surface area (Å²) in [7, 11) is -4.69. The minimum atomic E-state index is -4.69. The number of nitrogens with one attached hydrogen (secondary N) is 1. The van der Waals surface area contributed by atoms with Crippen LogP contribution in [0.25, 0.3) is 0 Å². The van der Waals surface area contributed by atoms with Crippen LogP contribution in [0.15, 0.2) is 0 Å². The number of rotatable bonds is 54. The molecule has 0 saturated heterocycles. The molecule has 1 amide bonds. The SMILES string of the molecule is CCCCCCCCCCCCCCCCCCCCCCCCCCCCCCCCCCCCCC(=O)N[C@@H](COP(=O)(O)O)[C@H](O)CCCCCCCCCCCCCC. The Balaban J connectivity index is 3.56. The van der Waals surface area contributed by atoms with Crippen LogP contribution in [0.5, 0.6) is 0 Å². The van der Waals surface area contributed by atoms with E-state index in [9.17, 15) is 24.3 Å². The molecule has 2 atom stereocenters. The van der Waals surface area contributed by atoms with Gasteiger partial charge in [0.1, 0.15) is 0 Å². The highest BCUT2D eigenvalue weighted by Crippen LogP contribution is 2.36. The molecule has 0 saturated carbocycles. The second-order valence-electron chi connectivity index (χ2n) is 20.0. The van der Waals surface area contributed by atoms with Crippen molar-refractivity contribution in [1.29, 1.82) is 0 Å². The van der Waals surface area contributed by atoms with Crippen molar-refractivity contribution in [3.05, 3.63) is 0 Å². The maximum absolute atomic E-state index is 12.7. The van der Waals surface area contributed by atoms with Crippen LogP contribution in [-0.2, 0) is 13.9 Å². The van der Waals surface area contributed by atoms with Crippen LogP contribution in [-0.4, -0.2) is 39.6 Å². The number of phosphoric ester groups is 1. The number of carbonyl (C=O) groups is 1. The third-order valence-electron chi connectivity index (χ3n) is 13.6. The largest absolute Gasteiger partial charge is 0.469 e. The number of amides is 1. The Kier molecular flexibility index (Phi) is 50.6. The second kappa shape index (κ2) is 50.9. The van der Waals surface area contributed by atoms with Gasteiger partial charge in [0, 0.05) is 6.42 Å². The van der Waals surface area contributed by atoms with Gasteiger partial charge in [0.25, 0.3) is 0 Å². The first kappa shape index (κ1) is 62.5. The fourth-order valence-corrected chi connectivity index (χ4v) is 9.65. The molecule has 0 aromatic carbocycles. The van der Waals surface area contributed by atoms with E-state index in [-0.39, 0.29) is 5.91 Å². The molecule has 0 aromatic rings. The highest BCUT2D eigenvalue weighted by molar-refractivity contribution is 7.46. The molecule has 0 radical (unpaired) electrons. The Morgan fingerprint density at radius 1 is 0.397 bits per heavy atom. The average molecular weight is 914 g/mol. The van der Waals surface area contributed by atoms with E-state index in [4.69, 9.17) is 4.52 Å². The molecule has 0 bridgehead atoms. The first-order valence-electron chi connectivity index (χ1n) is 28.5. The Morgan fingerprint density at radius 3 is 0.857 bits per heavy atom. The van der Waals surface area contributed by atoms with Crippen molar-refractivity contribution in [3.63, 3.8) is 0 Å². The number of unbranched alkanes of at least 4 members (excludes halogenated alkanes) is 45. The van der Waals surface area contributed by atoms with Gasteiger partial charge in [0.2, 0.25) is 5.91 Å². The average Bonchev–Trinajstić information content (AvgIpc) is 3.26. The molecule has 8 heteroatoms. The molecule has 4 N–H and O–H groups in total. The van der Waals surface area contributed by atoms with Gasteiger partial charge >= 0.3 is 7.82 Å². The fraction of sp³-hybridized carbons (Fsp3) is 0.982. The number of hydrogen-bond acceptors (Lipinski definition) is 4. The van der Waals surface area contributed by atoms with Gasteiger partial charge in [-0.25, -0.2) is 4.57 Å². The number of hydrogen-bond donors (Lipinski definition) is 4. The molecule has 7 nitrogen and oxygen atoms in total. The summed E-state index contributed by atoms with van der Waals surface area (Å²) < 4.78 is 16.0. The second-order valence-corrected chi connectivity index (χ2v) is 21.2. The first-order valence-corrected chi connectivity index (χ1v) is 30.0. The summed E-state index contributed by atoms with van der Waals surface area (Å²) in [5, 5.41) is 13.6. The van der Waals surface area contributed by atoms with Gasteiger partial charge in [-0.15, -0.1) is 0 Å². The number of aliphatic hydroxyl groups is 1. The molecule has 378 valence electrons. The molecule has 0 spiro atoms. The van der Waals surface area contributed by atoms with Crippen LogP contribution < -0.4 is 5.32 Å². The first-order chi connectivity index (χ1) is 30.8. The smallest absolute Gasteiger partial charge is 0.391 e. The van der Waals surface area contributed by atoms with Crippen LogP contribution in [0.1, 0.15) is 328 Å². The Labute approximate surface area is 393 Å². The predicted octanol–water partition coefficient (Wildman–Crippen LogP) is 18.1. The third-order valence-corrected chi connectivity index (χ3v) is 14.1. The van der Waals surface area contributed by atoms with E-state index in [0.717, 1.165) is 38.5 Å². The van der Waals surface area contributed by atoms with Gasteiger partial charge in [-0.1, -0.05) is 309 Å². The highest BCUT2D eigenvalue weighted by Gasteiger charge is 2.25. The molecule has 0 heterocycles. The molecule has 0 aliphatic heterocycles. The number of phosphoric acid groups is 1. The Hall–Kier alpha value is -0.460. The van der Waals surface area contributed by atoms with Crippen molar-refractivity contribution in [1.82, 2.24) is 5.32 Å². The van der Waals surface area contributed by atoms with E-state index >= 15 is 0 Å². The van der Waals surface area contributed by atoms with E-state index in [2.05, 4.69) is 19.2 Å². The van der Waals surface area contributed by atoms with Crippen molar-refractivity contribution in [2.75, 3.05) is 6.61 Å². The van der Waals surface area contributed by atoms with Crippen LogP contribution >= 0.6 is 7.82 Å². The van der Waals surface area contributed by atoms with Crippen LogP contribution in [0.2, 0.25) is 0 Å². The minimum absolute atomic E-state index is 0.186. The molecule has 63 heavy (non-hydrogen) atoms. The van der Waals surface area contributed by atoms with Gasteiger partial charge in [0.15, 0.2) is 0 Å². The van der Waals surface area contributed by atoms with Crippen molar-refractivity contribution in [3.8, 4) is 0 Å². The number of aliphatic hydroxyl groups excluding tert-OH is 1. The summed E-state index contributed by atoms with van der Waals surface area (Å²) in [4.78, 5) is 31.1. The van der Waals surface area contributed by atoms with Crippen LogP contribution in [0, 0.1) is 0 Å². The quantitative estimate of drug-likeness (QED) is 0.0357. The van der Waals surface area contributed by atoms with E-state index < -0.39 is 26.6 Å². The highest BCUT2D eigenvalue weighted by atomic mass is 31.2. The Morgan fingerprint density at radius 2 is 0.619 bits per heavy atom. The summed E-state index contributed by atoms with van der Waals surface area (Å²) in [5.74, 6) is -0.186. The summed E-state index contributed by atoms with van der Waals surface area (Å²) in [6, 6.07) is -0.819. The summed E-state index contributed by atoms with van der Waals surface area (Å²) in [5.41, 5.74) is 0. The topological polar surface area (TPSA) is 116 Å². The zero-order valence-corrected chi connectivity index (χ0v) is 43.4. The molecular weight excluding hydrogens is 802 g/mol. The predicted molar refractivity (Wildman–Crippen MR) is 274 cm³/mol. The minimum Gasteiger partial charge on any atom is -0.391 e. The lowest BCUT2D eigenvalue weighted by Gasteiger charge is -2.24. The zero-order valence-electron chi connectivity index (χ0n) is 42.5. The van der Waals surface area contributed by atoms with Crippen molar-refractivity contribution < 1.29 is 28.8 Å². The fourth-order valence-electron chi connectivity index (χ4n) is 9.29. The molecular formula is C55H112NO6P. The summed E-state index contributed by atoms with van der Waals surface area (Å²) in [6.45, 7) is 4.16. The van der Waals surface area contributed by atoms with Crippen molar-refractivity contribution in [2.24, 2.45) is 0 Å². The van der Waals surface area contributed by atoms with E-state index in [1.54, 1.807) is 0 Å². The lowest BCUT2D eigenvalue weighted by molar-refractivity contribution is -0.123. The summed E-state index contributed by atoms with van der Waals surface area (Å²) in [6.07, 6.45) is 63.0. The molecule has 0 aliphatic rings. The third kappa shape index (κ3) is 52.4. The van der Waals surface area contributed by atoms with Gasteiger partial charge in [0.05, 0.1) is 18.8 Å². The summed E-state index contributed by atoms with van der Waals surface area (Å²) >= 11 is 0. The van der Waals surface area contributed by atoms with E-state index in [1.807, 2.05) is 0 Å². The van der Waals surface area contributed by atoms with Gasteiger partial charge in [-0.3, -0.25) is 9.32 Å².